The van der Waals surface area contributed by atoms with Gasteiger partial charge in [-0.25, -0.2) is 4.84 Å². The average molecular weight is 295 g/mol. The highest BCUT2D eigenvalue weighted by Crippen LogP contribution is 2.22. The van der Waals surface area contributed by atoms with Crippen LogP contribution >= 0.6 is 0 Å². The Morgan fingerprint density at radius 2 is 1.81 bits per heavy atom. The van der Waals surface area contributed by atoms with E-state index in [0.717, 1.165) is 31.7 Å². The predicted octanol–water partition coefficient (Wildman–Crippen LogP) is 2.82. The molecular formula is C16H25NO4. The smallest absolute Gasteiger partial charge is 0.335 e. The summed E-state index contributed by atoms with van der Waals surface area (Å²) >= 11 is 0. The number of ether oxygens (including phenoxy) is 3. The molecule has 0 spiro atoms. The quantitative estimate of drug-likeness (QED) is 0.690. The first-order chi connectivity index (χ1) is 10.3. The third-order valence-electron chi connectivity index (χ3n) is 3.42. The molecule has 2 rings (SSSR count). The van der Waals surface area contributed by atoms with Crippen LogP contribution < -0.4 is 4.74 Å². The number of nitrogens with zero attached hydrogens (tertiary/aromatic N) is 1. The summed E-state index contributed by atoms with van der Waals surface area (Å²) in [5.74, 6) is -0.428. The molecule has 0 amide bonds. The van der Waals surface area contributed by atoms with Crippen LogP contribution in [0, 0.1) is 0 Å². The van der Waals surface area contributed by atoms with Crippen LogP contribution in [0.25, 0.3) is 0 Å². The molecule has 1 saturated heterocycles. The number of methoxy groups -OCH3 is 1. The van der Waals surface area contributed by atoms with Gasteiger partial charge in [-0.3, -0.25) is 0 Å². The first-order valence-corrected chi connectivity index (χ1v) is 7.59. The van der Waals surface area contributed by atoms with Crippen LogP contribution in [0.5, 0.6) is 5.75 Å². The Bertz CT molecular complexity index is 395. The minimum Gasteiger partial charge on any atom is -0.485 e. The molecule has 5 nitrogen and oxygen atoms in total. The van der Waals surface area contributed by atoms with Crippen LogP contribution in [0.3, 0.4) is 0 Å². The van der Waals surface area contributed by atoms with Gasteiger partial charge in [0, 0.05) is 26.8 Å². The van der Waals surface area contributed by atoms with E-state index in [1.54, 1.807) is 7.11 Å². The highest BCUT2D eigenvalue weighted by Gasteiger charge is 2.37. The molecule has 0 aliphatic carbocycles. The molecular weight excluding hydrogens is 270 g/mol. The van der Waals surface area contributed by atoms with Crippen molar-refractivity contribution in [3.63, 3.8) is 0 Å². The fourth-order valence-electron chi connectivity index (χ4n) is 2.31. The third-order valence-corrected chi connectivity index (χ3v) is 3.42. The number of hydrogen-bond donors (Lipinski definition) is 0. The normalized spacial score (nSPS) is 19.1. The molecule has 1 unspecified atom stereocenters. The number of hydrogen-bond acceptors (Lipinski definition) is 5. The minimum absolute atomic E-state index is 0.178. The van der Waals surface area contributed by atoms with Gasteiger partial charge in [0.05, 0.1) is 0 Å². The summed E-state index contributed by atoms with van der Waals surface area (Å²) in [6.45, 7) is 4.36. The maximum absolute atomic E-state index is 5.95. The Morgan fingerprint density at radius 1 is 1.10 bits per heavy atom. The Kier molecular flexibility index (Phi) is 6.45. The van der Waals surface area contributed by atoms with Gasteiger partial charge in [-0.05, 0) is 31.9 Å². The summed E-state index contributed by atoms with van der Waals surface area (Å²) in [4.78, 5) is 5.95. The van der Waals surface area contributed by atoms with Crippen LogP contribution in [0.15, 0.2) is 30.3 Å². The van der Waals surface area contributed by atoms with E-state index in [0.29, 0.717) is 6.61 Å². The molecule has 1 atom stereocenters. The Labute approximate surface area is 126 Å². The maximum atomic E-state index is 5.95. The summed E-state index contributed by atoms with van der Waals surface area (Å²) in [7, 11) is 1.58. The zero-order valence-corrected chi connectivity index (χ0v) is 12.9. The summed E-state index contributed by atoms with van der Waals surface area (Å²) in [6.07, 6.45) is 3.51. The molecule has 1 heterocycles. The van der Waals surface area contributed by atoms with Gasteiger partial charge >= 0.3 is 5.97 Å². The maximum Gasteiger partial charge on any atom is 0.335 e. The Hall–Kier alpha value is -1.14. The van der Waals surface area contributed by atoms with Crippen molar-refractivity contribution in [2.24, 2.45) is 0 Å². The monoisotopic (exact) mass is 295 g/mol. The lowest BCUT2D eigenvalue weighted by Gasteiger charge is -2.36. The van der Waals surface area contributed by atoms with Crippen molar-refractivity contribution in [2.45, 2.75) is 32.2 Å². The second-order valence-electron chi connectivity index (χ2n) is 5.00. The molecule has 5 heteroatoms. The number of para-hydroxylation sites is 1. The van der Waals surface area contributed by atoms with Crippen molar-refractivity contribution in [1.82, 2.24) is 5.06 Å². The Balaban J connectivity index is 1.97. The minimum atomic E-state index is -1.19. The fourth-order valence-corrected chi connectivity index (χ4v) is 2.31. The lowest BCUT2D eigenvalue weighted by molar-refractivity contribution is -0.449. The molecule has 0 aromatic heterocycles. The molecule has 0 bridgehead atoms. The molecule has 1 aliphatic rings. The van der Waals surface area contributed by atoms with Crippen LogP contribution in [-0.2, 0) is 14.3 Å². The van der Waals surface area contributed by atoms with Gasteiger partial charge < -0.3 is 14.2 Å². The van der Waals surface area contributed by atoms with Crippen molar-refractivity contribution in [3.05, 3.63) is 30.3 Å². The summed E-state index contributed by atoms with van der Waals surface area (Å²) in [5, 5.41) is 1.91. The summed E-state index contributed by atoms with van der Waals surface area (Å²) < 4.78 is 16.9. The van der Waals surface area contributed by atoms with E-state index in [-0.39, 0.29) is 6.61 Å². The highest BCUT2D eigenvalue weighted by atomic mass is 16.9. The van der Waals surface area contributed by atoms with Crippen molar-refractivity contribution >= 4 is 0 Å². The van der Waals surface area contributed by atoms with Gasteiger partial charge in [0.1, 0.15) is 5.75 Å². The predicted molar refractivity (Wildman–Crippen MR) is 79.8 cm³/mol. The number of piperidine rings is 1. The van der Waals surface area contributed by atoms with Gasteiger partial charge in [0.15, 0.2) is 6.61 Å². The topological polar surface area (TPSA) is 40.2 Å². The molecule has 1 aliphatic heterocycles. The second-order valence-corrected chi connectivity index (χ2v) is 5.00. The molecule has 0 N–H and O–H groups in total. The lowest BCUT2D eigenvalue weighted by atomic mass is 10.2. The van der Waals surface area contributed by atoms with Crippen molar-refractivity contribution in [2.75, 3.05) is 33.4 Å². The molecule has 1 aromatic carbocycles. The molecule has 0 radical (unpaired) electrons. The standard InChI is InChI=1S/C16H25NO4/c1-3-20-16(18-2,21-17-12-8-5-9-13-17)14-19-15-10-6-4-7-11-15/h4,6-7,10-11H,3,5,8-9,12-14H2,1-2H3. The van der Waals surface area contributed by atoms with E-state index in [9.17, 15) is 0 Å². The van der Waals surface area contributed by atoms with Gasteiger partial charge in [-0.2, -0.15) is 5.06 Å². The van der Waals surface area contributed by atoms with Gasteiger partial charge in [-0.15, -0.1) is 0 Å². The van der Waals surface area contributed by atoms with Crippen LogP contribution in [0.4, 0.5) is 0 Å². The zero-order valence-electron chi connectivity index (χ0n) is 12.9. The van der Waals surface area contributed by atoms with Gasteiger partial charge in [0.2, 0.25) is 0 Å². The van der Waals surface area contributed by atoms with E-state index in [1.165, 1.54) is 6.42 Å². The molecule has 21 heavy (non-hydrogen) atoms. The van der Waals surface area contributed by atoms with Crippen LogP contribution in [-0.4, -0.2) is 44.4 Å². The Morgan fingerprint density at radius 3 is 2.43 bits per heavy atom. The van der Waals surface area contributed by atoms with E-state index < -0.39 is 5.97 Å². The third kappa shape index (κ3) is 4.97. The zero-order chi connectivity index (χ0) is 15.0. The van der Waals surface area contributed by atoms with E-state index in [4.69, 9.17) is 19.0 Å². The lowest BCUT2D eigenvalue weighted by Crippen LogP contribution is -2.50. The largest absolute Gasteiger partial charge is 0.485 e. The summed E-state index contributed by atoms with van der Waals surface area (Å²) in [6, 6.07) is 9.59. The van der Waals surface area contributed by atoms with E-state index in [2.05, 4.69) is 0 Å². The van der Waals surface area contributed by atoms with Gasteiger partial charge in [-0.1, -0.05) is 24.6 Å². The van der Waals surface area contributed by atoms with Crippen LogP contribution in [0.1, 0.15) is 26.2 Å². The number of benzene rings is 1. The van der Waals surface area contributed by atoms with E-state index in [1.807, 2.05) is 42.3 Å². The molecule has 1 aromatic rings. The molecule has 118 valence electrons. The first-order valence-electron chi connectivity index (χ1n) is 7.59. The number of hydroxylamine groups is 2. The average Bonchev–Trinajstić information content (AvgIpc) is 2.55. The van der Waals surface area contributed by atoms with Crippen molar-refractivity contribution in [1.29, 1.82) is 0 Å². The highest BCUT2D eigenvalue weighted by molar-refractivity contribution is 5.20. The molecule has 1 fully saturated rings. The summed E-state index contributed by atoms with van der Waals surface area (Å²) in [5.41, 5.74) is 0. The fraction of sp³-hybridized carbons (Fsp3) is 0.625. The number of rotatable bonds is 8. The first kappa shape index (κ1) is 16.2. The second kappa shape index (κ2) is 8.34. The van der Waals surface area contributed by atoms with E-state index >= 15 is 0 Å². The van der Waals surface area contributed by atoms with Gasteiger partial charge in [0.25, 0.3) is 0 Å². The van der Waals surface area contributed by atoms with Crippen molar-refractivity contribution < 1.29 is 19.0 Å². The molecule has 0 saturated carbocycles. The van der Waals surface area contributed by atoms with Crippen LogP contribution in [0.2, 0.25) is 0 Å². The van der Waals surface area contributed by atoms with Crippen molar-refractivity contribution in [3.8, 4) is 5.75 Å². The SMILES string of the molecule is CCOC(COc1ccccc1)(OC)ON1CCCCC1.